The summed E-state index contributed by atoms with van der Waals surface area (Å²) in [5.74, 6) is 0.126. The average Bonchev–Trinajstić information content (AvgIpc) is 2.58. The molecule has 1 aliphatic rings. The molecule has 0 fully saturated rings. The number of rotatable bonds is 6. The molecule has 1 aromatic rings. The predicted octanol–water partition coefficient (Wildman–Crippen LogP) is 1.79. The second-order valence-electron chi connectivity index (χ2n) is 5.12. The van der Waals surface area contributed by atoms with E-state index in [1.54, 1.807) is 32.0 Å². The number of hydrogen-bond donors (Lipinski definition) is 2. The Morgan fingerprint density at radius 2 is 2.16 bits per heavy atom. The summed E-state index contributed by atoms with van der Waals surface area (Å²) in [4.78, 5) is 24.3. The van der Waals surface area contributed by atoms with Crippen LogP contribution in [0.15, 0.2) is 29.5 Å². The molecule has 1 aliphatic heterocycles. The molecule has 8 heteroatoms. The smallest absolute Gasteiger partial charge is 0.338 e. The van der Waals surface area contributed by atoms with Crippen molar-refractivity contribution in [1.29, 1.82) is 5.26 Å². The minimum Gasteiger partial charge on any atom is -0.493 e. The SMILES string of the molecule is CCOC(=O)C1=C(C)NC(=O)NC1c1cccc(OC)c1OCC#N. The van der Waals surface area contributed by atoms with Crippen LogP contribution in [0.1, 0.15) is 25.5 Å². The van der Waals surface area contributed by atoms with Gasteiger partial charge >= 0.3 is 12.0 Å². The first-order valence-corrected chi connectivity index (χ1v) is 7.65. The Bertz CT molecular complexity index is 751. The van der Waals surface area contributed by atoms with E-state index >= 15 is 0 Å². The number of amides is 2. The fourth-order valence-electron chi connectivity index (χ4n) is 2.59. The Morgan fingerprint density at radius 3 is 2.80 bits per heavy atom. The van der Waals surface area contributed by atoms with Crippen molar-refractivity contribution < 1.29 is 23.8 Å². The van der Waals surface area contributed by atoms with Gasteiger partial charge < -0.3 is 24.8 Å². The number of nitrogens with zero attached hydrogens (tertiary/aromatic N) is 1. The van der Waals surface area contributed by atoms with Crippen molar-refractivity contribution in [3.05, 3.63) is 35.0 Å². The molecule has 0 spiro atoms. The lowest BCUT2D eigenvalue weighted by molar-refractivity contribution is -0.139. The summed E-state index contributed by atoms with van der Waals surface area (Å²) in [5.41, 5.74) is 1.14. The molecule has 1 heterocycles. The second kappa shape index (κ2) is 8.06. The molecule has 0 aromatic heterocycles. The standard InChI is InChI=1S/C17H19N3O5/c1-4-24-16(21)13-10(2)19-17(22)20-14(13)11-6-5-7-12(23-3)15(11)25-9-8-18/h5-7,14H,4,9H2,1-3H3,(H2,19,20,22). The molecule has 1 unspecified atom stereocenters. The predicted molar refractivity (Wildman–Crippen MR) is 87.8 cm³/mol. The van der Waals surface area contributed by atoms with Gasteiger partial charge in [-0.05, 0) is 19.9 Å². The molecule has 2 amide bonds. The molecule has 0 aliphatic carbocycles. The highest BCUT2D eigenvalue weighted by Gasteiger charge is 2.34. The normalized spacial score (nSPS) is 16.4. The van der Waals surface area contributed by atoms with E-state index in [-0.39, 0.29) is 24.5 Å². The molecular weight excluding hydrogens is 326 g/mol. The van der Waals surface area contributed by atoms with E-state index in [4.69, 9.17) is 19.5 Å². The number of urea groups is 1. The van der Waals surface area contributed by atoms with Crippen molar-refractivity contribution >= 4 is 12.0 Å². The Hall–Kier alpha value is -3.21. The van der Waals surface area contributed by atoms with Gasteiger partial charge in [0.05, 0.1) is 25.3 Å². The third kappa shape index (κ3) is 3.83. The lowest BCUT2D eigenvalue weighted by Crippen LogP contribution is -2.45. The quantitative estimate of drug-likeness (QED) is 0.761. The van der Waals surface area contributed by atoms with Gasteiger partial charge in [0, 0.05) is 11.3 Å². The first kappa shape index (κ1) is 18.1. The summed E-state index contributed by atoms with van der Waals surface area (Å²) in [6.07, 6.45) is 0. The largest absolute Gasteiger partial charge is 0.493 e. The molecule has 8 nitrogen and oxygen atoms in total. The summed E-state index contributed by atoms with van der Waals surface area (Å²) in [6.45, 7) is 3.31. The maximum Gasteiger partial charge on any atom is 0.338 e. The highest BCUT2D eigenvalue weighted by atomic mass is 16.5. The second-order valence-corrected chi connectivity index (χ2v) is 5.12. The van der Waals surface area contributed by atoms with Crippen LogP contribution in [0.25, 0.3) is 0 Å². The van der Waals surface area contributed by atoms with Crippen molar-refractivity contribution in [3.63, 3.8) is 0 Å². The molecule has 0 bridgehead atoms. The topological polar surface area (TPSA) is 110 Å². The van der Waals surface area contributed by atoms with Gasteiger partial charge in [-0.1, -0.05) is 12.1 Å². The molecule has 2 rings (SSSR count). The molecule has 0 saturated heterocycles. The van der Waals surface area contributed by atoms with Crippen LogP contribution in [-0.2, 0) is 9.53 Å². The van der Waals surface area contributed by atoms with Gasteiger partial charge in [-0.15, -0.1) is 0 Å². The zero-order valence-corrected chi connectivity index (χ0v) is 14.2. The van der Waals surface area contributed by atoms with Crippen LogP contribution in [0.5, 0.6) is 11.5 Å². The van der Waals surface area contributed by atoms with Crippen LogP contribution < -0.4 is 20.1 Å². The summed E-state index contributed by atoms with van der Waals surface area (Å²) >= 11 is 0. The Labute approximate surface area is 145 Å². The maximum absolute atomic E-state index is 12.4. The number of carbonyl (C=O) groups excluding carboxylic acids is 2. The molecule has 1 aromatic carbocycles. The molecule has 1 atom stereocenters. The molecule has 0 radical (unpaired) electrons. The van der Waals surface area contributed by atoms with E-state index in [2.05, 4.69) is 10.6 Å². The van der Waals surface area contributed by atoms with Gasteiger partial charge in [0.25, 0.3) is 0 Å². The van der Waals surface area contributed by atoms with E-state index in [0.717, 1.165) is 0 Å². The number of esters is 1. The van der Waals surface area contributed by atoms with Gasteiger partial charge in [-0.2, -0.15) is 5.26 Å². The van der Waals surface area contributed by atoms with Crippen LogP contribution >= 0.6 is 0 Å². The Kier molecular flexibility index (Phi) is 5.84. The number of para-hydroxylation sites is 1. The van der Waals surface area contributed by atoms with E-state index in [9.17, 15) is 9.59 Å². The van der Waals surface area contributed by atoms with Crippen LogP contribution in [0.4, 0.5) is 4.79 Å². The number of ether oxygens (including phenoxy) is 3. The zero-order chi connectivity index (χ0) is 18.4. The molecule has 2 N–H and O–H groups in total. The van der Waals surface area contributed by atoms with Gasteiger partial charge in [-0.3, -0.25) is 0 Å². The van der Waals surface area contributed by atoms with E-state index in [1.165, 1.54) is 7.11 Å². The highest BCUT2D eigenvalue weighted by molar-refractivity contribution is 5.95. The monoisotopic (exact) mass is 345 g/mol. The van der Waals surface area contributed by atoms with Gasteiger partial charge in [0.1, 0.15) is 6.07 Å². The summed E-state index contributed by atoms with van der Waals surface area (Å²) in [6, 6.07) is 5.71. The van der Waals surface area contributed by atoms with E-state index in [1.807, 2.05) is 6.07 Å². The third-order valence-corrected chi connectivity index (χ3v) is 3.59. The number of methoxy groups -OCH3 is 1. The number of hydrogen-bond acceptors (Lipinski definition) is 6. The van der Waals surface area contributed by atoms with Crippen molar-refractivity contribution in [3.8, 4) is 17.6 Å². The molecular formula is C17H19N3O5. The van der Waals surface area contributed by atoms with E-state index < -0.39 is 18.0 Å². The van der Waals surface area contributed by atoms with Gasteiger partial charge in [-0.25, -0.2) is 9.59 Å². The number of allylic oxidation sites excluding steroid dienone is 1. The molecule has 25 heavy (non-hydrogen) atoms. The first-order chi connectivity index (χ1) is 12.0. The molecule has 0 saturated carbocycles. The Balaban J connectivity index is 2.57. The minimum absolute atomic E-state index is 0.201. The number of benzene rings is 1. The zero-order valence-electron chi connectivity index (χ0n) is 14.2. The lowest BCUT2D eigenvalue weighted by atomic mass is 9.94. The fraction of sp³-hybridized carbons (Fsp3) is 0.353. The lowest BCUT2D eigenvalue weighted by Gasteiger charge is -2.29. The Morgan fingerprint density at radius 1 is 1.40 bits per heavy atom. The van der Waals surface area contributed by atoms with E-state index in [0.29, 0.717) is 17.0 Å². The van der Waals surface area contributed by atoms with Crippen LogP contribution in [0, 0.1) is 11.3 Å². The highest BCUT2D eigenvalue weighted by Crippen LogP contribution is 2.39. The number of nitrogens with one attached hydrogen (secondary N) is 2. The van der Waals surface area contributed by atoms with Gasteiger partial charge in [0.2, 0.25) is 0 Å². The summed E-state index contributed by atoms with van der Waals surface area (Å²) < 4.78 is 15.9. The van der Waals surface area contributed by atoms with Gasteiger partial charge in [0.15, 0.2) is 18.1 Å². The van der Waals surface area contributed by atoms with Crippen LogP contribution in [0.3, 0.4) is 0 Å². The number of carbonyl (C=O) groups is 2. The molecule has 132 valence electrons. The third-order valence-electron chi connectivity index (χ3n) is 3.59. The summed E-state index contributed by atoms with van der Waals surface area (Å²) in [5, 5.41) is 14.1. The maximum atomic E-state index is 12.4. The van der Waals surface area contributed by atoms with Crippen molar-refractivity contribution in [2.45, 2.75) is 19.9 Å². The fourth-order valence-corrected chi connectivity index (χ4v) is 2.59. The average molecular weight is 345 g/mol. The van der Waals surface area contributed by atoms with Crippen molar-refractivity contribution in [2.75, 3.05) is 20.3 Å². The first-order valence-electron chi connectivity index (χ1n) is 7.65. The minimum atomic E-state index is -0.795. The summed E-state index contributed by atoms with van der Waals surface area (Å²) in [7, 11) is 1.46. The number of nitriles is 1. The van der Waals surface area contributed by atoms with Crippen molar-refractivity contribution in [1.82, 2.24) is 10.6 Å². The van der Waals surface area contributed by atoms with Crippen LogP contribution in [0.2, 0.25) is 0 Å². The van der Waals surface area contributed by atoms with Crippen molar-refractivity contribution in [2.24, 2.45) is 0 Å². The van der Waals surface area contributed by atoms with Crippen LogP contribution in [-0.4, -0.2) is 32.3 Å².